The minimum atomic E-state index is -0.204. The number of fused-ring (bicyclic) bond motifs is 3. The van der Waals surface area contributed by atoms with Crippen molar-refractivity contribution in [3.8, 4) is 6.07 Å². The standard InChI is InChI=1S/C23H22N4O2/c24-13-16-5-8-22(21-4-2-1-3-20(16)21)27-17-6-7-18(27)12-19(11-17)29-23(28)14-26-10-9-25-15-26/h1-5,8-10,15,17-19H,6-7,11-12,14H2. The zero-order valence-corrected chi connectivity index (χ0v) is 16.1. The van der Waals surface area contributed by atoms with Gasteiger partial charge < -0.3 is 14.2 Å². The van der Waals surface area contributed by atoms with Crippen LogP contribution in [0.5, 0.6) is 0 Å². The van der Waals surface area contributed by atoms with Gasteiger partial charge in [0.25, 0.3) is 0 Å². The van der Waals surface area contributed by atoms with E-state index >= 15 is 0 Å². The molecule has 0 amide bonds. The average Bonchev–Trinajstić information content (AvgIpc) is 3.33. The van der Waals surface area contributed by atoms with E-state index in [2.05, 4.69) is 28.1 Å². The molecule has 0 aliphatic carbocycles. The number of esters is 1. The zero-order chi connectivity index (χ0) is 19.8. The first-order valence-electron chi connectivity index (χ1n) is 10.1. The van der Waals surface area contributed by atoms with E-state index in [0.29, 0.717) is 17.6 Å². The summed E-state index contributed by atoms with van der Waals surface area (Å²) in [7, 11) is 0. The van der Waals surface area contributed by atoms with Gasteiger partial charge in [-0.1, -0.05) is 24.3 Å². The lowest BCUT2D eigenvalue weighted by atomic mass is 9.96. The normalized spacial score (nSPS) is 23.1. The van der Waals surface area contributed by atoms with Gasteiger partial charge in [-0.15, -0.1) is 0 Å². The molecule has 146 valence electrons. The van der Waals surface area contributed by atoms with Crippen LogP contribution in [0.3, 0.4) is 0 Å². The minimum Gasteiger partial charge on any atom is -0.461 e. The number of imidazole rings is 1. The van der Waals surface area contributed by atoms with Gasteiger partial charge in [-0.25, -0.2) is 4.98 Å². The molecule has 29 heavy (non-hydrogen) atoms. The van der Waals surface area contributed by atoms with Crippen molar-refractivity contribution < 1.29 is 9.53 Å². The summed E-state index contributed by atoms with van der Waals surface area (Å²) in [4.78, 5) is 18.8. The van der Waals surface area contributed by atoms with Crippen molar-refractivity contribution in [2.45, 2.75) is 50.4 Å². The van der Waals surface area contributed by atoms with Gasteiger partial charge in [0.15, 0.2) is 0 Å². The Morgan fingerprint density at radius 1 is 1.14 bits per heavy atom. The highest BCUT2D eigenvalue weighted by atomic mass is 16.5. The Morgan fingerprint density at radius 2 is 1.90 bits per heavy atom. The third-order valence-corrected chi connectivity index (χ3v) is 6.16. The molecule has 0 radical (unpaired) electrons. The maximum absolute atomic E-state index is 12.3. The monoisotopic (exact) mass is 386 g/mol. The number of carbonyl (C=O) groups excluding carboxylic acids is 1. The Labute approximate surface area is 169 Å². The van der Waals surface area contributed by atoms with E-state index in [1.54, 1.807) is 23.3 Å². The molecule has 2 unspecified atom stereocenters. The van der Waals surface area contributed by atoms with Crippen molar-refractivity contribution in [1.29, 1.82) is 5.26 Å². The predicted octanol–water partition coefficient (Wildman–Crippen LogP) is 3.65. The van der Waals surface area contributed by atoms with Crippen LogP contribution in [0.4, 0.5) is 5.69 Å². The Hall–Kier alpha value is -3.33. The fourth-order valence-corrected chi connectivity index (χ4v) is 4.97. The number of hydrogen-bond donors (Lipinski definition) is 0. The van der Waals surface area contributed by atoms with Gasteiger partial charge in [-0.2, -0.15) is 5.26 Å². The van der Waals surface area contributed by atoms with E-state index in [9.17, 15) is 10.1 Å². The van der Waals surface area contributed by atoms with Crippen molar-refractivity contribution in [1.82, 2.24) is 9.55 Å². The SMILES string of the molecule is N#Cc1ccc(N2C3CCC2CC(OC(=O)Cn2ccnc2)C3)c2ccccc12. The first-order chi connectivity index (χ1) is 14.2. The molecule has 3 aromatic rings. The van der Waals surface area contributed by atoms with Crippen molar-refractivity contribution >= 4 is 22.4 Å². The molecule has 2 aliphatic rings. The van der Waals surface area contributed by atoms with E-state index < -0.39 is 0 Å². The zero-order valence-electron chi connectivity index (χ0n) is 16.1. The van der Waals surface area contributed by atoms with Crippen LogP contribution in [0, 0.1) is 11.3 Å². The topological polar surface area (TPSA) is 71.2 Å². The molecule has 6 heteroatoms. The predicted molar refractivity (Wildman–Crippen MR) is 109 cm³/mol. The molecule has 2 aliphatic heterocycles. The molecule has 1 aromatic heterocycles. The highest BCUT2D eigenvalue weighted by molar-refractivity contribution is 5.98. The Bertz CT molecular complexity index is 1070. The van der Waals surface area contributed by atoms with Gasteiger partial charge in [-0.05, 0) is 25.0 Å². The lowest BCUT2D eigenvalue weighted by Crippen LogP contribution is -2.46. The summed E-state index contributed by atoms with van der Waals surface area (Å²) in [5.74, 6) is -0.204. The fourth-order valence-electron chi connectivity index (χ4n) is 4.97. The van der Waals surface area contributed by atoms with Crippen LogP contribution in [-0.2, 0) is 16.1 Å². The number of nitriles is 1. The molecule has 0 saturated carbocycles. The summed E-state index contributed by atoms with van der Waals surface area (Å²) in [6.45, 7) is 0.204. The molecule has 0 N–H and O–H groups in total. The van der Waals surface area contributed by atoms with Gasteiger partial charge in [0.2, 0.25) is 0 Å². The number of piperidine rings is 1. The number of aromatic nitrogens is 2. The summed E-state index contributed by atoms with van der Waals surface area (Å²) in [6.07, 6.45) is 8.93. The molecule has 2 aromatic carbocycles. The van der Waals surface area contributed by atoms with Crippen LogP contribution in [0.1, 0.15) is 31.2 Å². The molecule has 5 rings (SSSR count). The molecular formula is C23H22N4O2. The number of hydrogen-bond acceptors (Lipinski definition) is 5. The third kappa shape index (κ3) is 3.23. The summed E-state index contributed by atoms with van der Waals surface area (Å²) in [6, 6.07) is 15.1. The van der Waals surface area contributed by atoms with Gasteiger partial charge >= 0.3 is 5.97 Å². The number of anilines is 1. The Kier molecular flexibility index (Phi) is 4.44. The smallest absolute Gasteiger partial charge is 0.326 e. The lowest BCUT2D eigenvalue weighted by Gasteiger charge is -2.40. The van der Waals surface area contributed by atoms with E-state index in [1.165, 1.54) is 5.69 Å². The van der Waals surface area contributed by atoms with Gasteiger partial charge in [0, 0.05) is 53.8 Å². The van der Waals surface area contributed by atoms with E-state index in [-0.39, 0.29) is 18.6 Å². The molecular weight excluding hydrogens is 364 g/mol. The molecule has 6 nitrogen and oxygen atoms in total. The van der Waals surface area contributed by atoms with E-state index in [1.807, 2.05) is 24.3 Å². The third-order valence-electron chi connectivity index (χ3n) is 6.16. The maximum atomic E-state index is 12.3. The largest absolute Gasteiger partial charge is 0.461 e. The van der Waals surface area contributed by atoms with Crippen LogP contribution in [0.25, 0.3) is 10.8 Å². The van der Waals surface area contributed by atoms with Gasteiger partial charge in [0.05, 0.1) is 18.0 Å². The van der Waals surface area contributed by atoms with Crippen molar-refractivity contribution in [2.75, 3.05) is 4.90 Å². The van der Waals surface area contributed by atoms with E-state index in [0.717, 1.165) is 36.5 Å². The van der Waals surface area contributed by atoms with Crippen LogP contribution >= 0.6 is 0 Å². The lowest BCUT2D eigenvalue weighted by molar-refractivity contribution is -0.151. The number of rotatable bonds is 4. The number of ether oxygens (including phenoxy) is 1. The van der Waals surface area contributed by atoms with Crippen LogP contribution < -0.4 is 4.90 Å². The molecule has 2 saturated heterocycles. The summed E-state index contributed by atoms with van der Waals surface area (Å²) >= 11 is 0. The first-order valence-corrected chi connectivity index (χ1v) is 10.1. The average molecular weight is 386 g/mol. The van der Waals surface area contributed by atoms with E-state index in [4.69, 9.17) is 4.74 Å². The highest BCUT2D eigenvalue weighted by Gasteiger charge is 2.42. The second-order valence-corrected chi connectivity index (χ2v) is 7.90. The molecule has 2 atom stereocenters. The highest BCUT2D eigenvalue weighted by Crippen LogP contribution is 2.43. The summed E-state index contributed by atoms with van der Waals surface area (Å²) < 4.78 is 7.53. The van der Waals surface area contributed by atoms with Gasteiger partial charge in [0.1, 0.15) is 12.6 Å². The van der Waals surface area contributed by atoms with Gasteiger partial charge in [-0.3, -0.25) is 4.79 Å². The number of carbonyl (C=O) groups is 1. The Balaban J connectivity index is 1.36. The fraction of sp³-hybridized carbons (Fsp3) is 0.348. The maximum Gasteiger partial charge on any atom is 0.326 e. The molecule has 2 fully saturated rings. The quantitative estimate of drug-likeness (QED) is 0.640. The second kappa shape index (κ2) is 7.25. The summed E-state index contributed by atoms with van der Waals surface area (Å²) in [5.41, 5.74) is 1.90. The second-order valence-electron chi connectivity index (χ2n) is 7.90. The van der Waals surface area contributed by atoms with Crippen molar-refractivity contribution in [3.05, 3.63) is 60.7 Å². The minimum absolute atomic E-state index is 0.0376. The molecule has 3 heterocycles. The van der Waals surface area contributed by atoms with Crippen molar-refractivity contribution in [3.63, 3.8) is 0 Å². The summed E-state index contributed by atoms with van der Waals surface area (Å²) in [5, 5.41) is 11.6. The first kappa shape index (κ1) is 17.7. The Morgan fingerprint density at radius 3 is 2.59 bits per heavy atom. The van der Waals surface area contributed by atoms with Crippen LogP contribution in [0.2, 0.25) is 0 Å². The molecule has 2 bridgehead atoms. The van der Waals surface area contributed by atoms with Crippen LogP contribution in [0.15, 0.2) is 55.1 Å². The number of nitrogens with zero attached hydrogens (tertiary/aromatic N) is 4. The molecule has 0 spiro atoms. The number of benzene rings is 2. The van der Waals surface area contributed by atoms with Crippen molar-refractivity contribution in [2.24, 2.45) is 0 Å². The van der Waals surface area contributed by atoms with Crippen LogP contribution in [-0.4, -0.2) is 33.7 Å².